The van der Waals surface area contributed by atoms with Gasteiger partial charge in [0.15, 0.2) is 5.78 Å². The van der Waals surface area contributed by atoms with E-state index in [0.29, 0.717) is 21.6 Å². The van der Waals surface area contributed by atoms with Gasteiger partial charge in [0.05, 0.1) is 24.9 Å². The van der Waals surface area contributed by atoms with Crippen LogP contribution in [0.5, 0.6) is 5.75 Å². The van der Waals surface area contributed by atoms with Crippen LogP contribution in [0.4, 0.5) is 5.69 Å². The Morgan fingerprint density at radius 3 is 2.61 bits per heavy atom. The first-order chi connectivity index (χ1) is 13.4. The molecule has 3 rings (SSSR count). The molecule has 1 aromatic heterocycles. The number of para-hydroxylation sites is 1. The topological polar surface area (TPSA) is 97.5 Å². The zero-order chi connectivity index (χ0) is 20.3. The van der Waals surface area contributed by atoms with E-state index in [1.807, 2.05) is 0 Å². The third-order valence-electron chi connectivity index (χ3n) is 4.02. The van der Waals surface area contributed by atoms with Crippen LogP contribution in [-0.4, -0.2) is 36.4 Å². The molecule has 2 aromatic carbocycles. The van der Waals surface area contributed by atoms with Crippen molar-refractivity contribution in [2.24, 2.45) is 0 Å². The molecule has 3 aromatic rings. The molecular weight excluding hydrogens is 384 g/mol. The lowest BCUT2D eigenvalue weighted by molar-refractivity contribution is -0.131. The third-order valence-corrected chi connectivity index (χ3v) is 4.25. The van der Waals surface area contributed by atoms with Gasteiger partial charge in [0.2, 0.25) is 0 Å². The Bertz CT molecular complexity index is 1070. The molecule has 0 fully saturated rings. The Labute approximate surface area is 165 Å². The number of methoxy groups -OCH3 is 1. The normalized spacial score (nSPS) is 10.5. The zero-order valence-corrected chi connectivity index (χ0v) is 15.9. The maximum atomic E-state index is 12.7. The number of Topliss-reactive ketones (excluding diaryl/α,β-unsaturated/α-hetero) is 1. The van der Waals surface area contributed by atoms with Crippen LogP contribution in [0.2, 0.25) is 5.02 Å². The van der Waals surface area contributed by atoms with Gasteiger partial charge in [-0.2, -0.15) is 0 Å². The number of H-pyrrole nitrogens is 1. The fourth-order valence-electron chi connectivity index (χ4n) is 2.81. The highest BCUT2D eigenvalue weighted by atomic mass is 35.5. The average Bonchev–Trinajstić information content (AvgIpc) is 3.03. The molecule has 0 bridgehead atoms. The standard InChI is InChI=1S/C20H17ClN2O5/c1-11(24)28-17-6-4-3-5-14(17)16(25)10-22-18-13-8-7-12(21)9-15(13)23-19(18)20(26)27-2/h3-9,22-23H,10H2,1-2H3. The van der Waals surface area contributed by atoms with Crippen LogP contribution in [-0.2, 0) is 9.53 Å². The van der Waals surface area contributed by atoms with Crippen LogP contribution in [0.1, 0.15) is 27.8 Å². The number of hydrogen-bond acceptors (Lipinski definition) is 6. The average molecular weight is 401 g/mol. The number of aromatic nitrogens is 1. The molecule has 7 nitrogen and oxygen atoms in total. The molecule has 0 unspecified atom stereocenters. The number of carbonyl (C=O) groups excluding carboxylic acids is 3. The highest BCUT2D eigenvalue weighted by Crippen LogP contribution is 2.30. The predicted octanol–water partition coefficient (Wildman–Crippen LogP) is 3.83. The number of rotatable bonds is 6. The first kappa shape index (κ1) is 19.4. The second kappa shape index (κ2) is 8.14. The molecule has 0 atom stereocenters. The molecule has 0 saturated heterocycles. The molecule has 8 heteroatoms. The van der Waals surface area contributed by atoms with Gasteiger partial charge in [0.25, 0.3) is 0 Å². The summed E-state index contributed by atoms with van der Waals surface area (Å²) in [7, 11) is 1.27. The largest absolute Gasteiger partial charge is 0.464 e. The van der Waals surface area contributed by atoms with Crippen molar-refractivity contribution in [2.45, 2.75) is 6.92 Å². The van der Waals surface area contributed by atoms with Crippen molar-refractivity contribution in [3.8, 4) is 5.75 Å². The van der Waals surface area contributed by atoms with Gasteiger partial charge in [-0.05, 0) is 30.3 Å². The number of fused-ring (bicyclic) bond motifs is 1. The SMILES string of the molecule is COC(=O)c1[nH]c2cc(Cl)ccc2c1NCC(=O)c1ccccc1OC(C)=O. The molecule has 0 saturated carbocycles. The van der Waals surface area contributed by atoms with Crippen molar-refractivity contribution in [3.63, 3.8) is 0 Å². The number of ether oxygens (including phenoxy) is 2. The van der Waals surface area contributed by atoms with Crippen LogP contribution >= 0.6 is 11.6 Å². The molecule has 0 aliphatic carbocycles. The molecule has 0 radical (unpaired) electrons. The number of aromatic amines is 1. The van der Waals surface area contributed by atoms with E-state index in [9.17, 15) is 14.4 Å². The van der Waals surface area contributed by atoms with E-state index in [4.69, 9.17) is 21.1 Å². The van der Waals surface area contributed by atoms with E-state index < -0.39 is 11.9 Å². The van der Waals surface area contributed by atoms with Gasteiger partial charge in [-0.15, -0.1) is 0 Å². The van der Waals surface area contributed by atoms with E-state index >= 15 is 0 Å². The van der Waals surface area contributed by atoms with Crippen LogP contribution in [0.15, 0.2) is 42.5 Å². The molecule has 0 amide bonds. The summed E-state index contributed by atoms with van der Waals surface area (Å²) in [5.41, 5.74) is 1.49. The minimum Gasteiger partial charge on any atom is -0.464 e. The summed E-state index contributed by atoms with van der Waals surface area (Å²) in [5, 5.41) is 4.17. The molecule has 2 N–H and O–H groups in total. The number of benzene rings is 2. The van der Waals surface area contributed by atoms with Gasteiger partial charge in [-0.3, -0.25) is 9.59 Å². The van der Waals surface area contributed by atoms with Crippen molar-refractivity contribution in [1.29, 1.82) is 0 Å². The summed E-state index contributed by atoms with van der Waals surface area (Å²) in [6.45, 7) is 1.14. The highest BCUT2D eigenvalue weighted by molar-refractivity contribution is 6.31. The maximum Gasteiger partial charge on any atom is 0.356 e. The number of anilines is 1. The summed E-state index contributed by atoms with van der Waals surface area (Å²) in [6.07, 6.45) is 0. The summed E-state index contributed by atoms with van der Waals surface area (Å²) >= 11 is 6.01. The van der Waals surface area contributed by atoms with E-state index in [1.165, 1.54) is 14.0 Å². The number of carbonyl (C=O) groups is 3. The van der Waals surface area contributed by atoms with Crippen molar-refractivity contribution in [3.05, 3.63) is 58.7 Å². The molecular formula is C20H17ClN2O5. The lowest BCUT2D eigenvalue weighted by Crippen LogP contribution is -2.17. The van der Waals surface area contributed by atoms with Crippen LogP contribution in [0.3, 0.4) is 0 Å². The molecule has 144 valence electrons. The van der Waals surface area contributed by atoms with Crippen molar-refractivity contribution >= 4 is 45.9 Å². The Morgan fingerprint density at radius 1 is 1.14 bits per heavy atom. The number of esters is 2. The van der Waals surface area contributed by atoms with E-state index in [-0.39, 0.29) is 29.3 Å². The molecule has 0 aliphatic rings. The van der Waals surface area contributed by atoms with Crippen LogP contribution < -0.4 is 10.1 Å². The van der Waals surface area contributed by atoms with Crippen molar-refractivity contribution in [1.82, 2.24) is 4.98 Å². The summed E-state index contributed by atoms with van der Waals surface area (Å²) in [5.74, 6) is -1.23. The van der Waals surface area contributed by atoms with E-state index in [0.717, 1.165) is 0 Å². The number of hydrogen-bond donors (Lipinski definition) is 2. The second-order valence-corrected chi connectivity index (χ2v) is 6.36. The second-order valence-electron chi connectivity index (χ2n) is 5.92. The zero-order valence-electron chi connectivity index (χ0n) is 15.2. The van der Waals surface area contributed by atoms with Gasteiger partial charge in [0.1, 0.15) is 11.4 Å². The smallest absolute Gasteiger partial charge is 0.356 e. The number of nitrogens with one attached hydrogen (secondary N) is 2. The van der Waals surface area contributed by atoms with Crippen molar-refractivity contribution < 1.29 is 23.9 Å². The van der Waals surface area contributed by atoms with Gasteiger partial charge in [0, 0.05) is 22.8 Å². The van der Waals surface area contributed by atoms with E-state index in [2.05, 4.69) is 10.3 Å². The Balaban J connectivity index is 1.90. The summed E-state index contributed by atoms with van der Waals surface area (Å²) in [6, 6.07) is 11.5. The number of ketones is 1. The first-order valence-corrected chi connectivity index (χ1v) is 8.72. The summed E-state index contributed by atoms with van der Waals surface area (Å²) < 4.78 is 9.89. The Morgan fingerprint density at radius 2 is 1.89 bits per heavy atom. The summed E-state index contributed by atoms with van der Waals surface area (Å²) in [4.78, 5) is 39.0. The minimum absolute atomic E-state index is 0.127. The minimum atomic E-state index is -0.581. The van der Waals surface area contributed by atoms with E-state index in [1.54, 1.807) is 42.5 Å². The quantitative estimate of drug-likeness (QED) is 0.371. The highest BCUT2D eigenvalue weighted by Gasteiger charge is 2.20. The van der Waals surface area contributed by atoms with Crippen molar-refractivity contribution in [2.75, 3.05) is 19.0 Å². The van der Waals surface area contributed by atoms with Crippen LogP contribution in [0.25, 0.3) is 10.9 Å². The van der Waals surface area contributed by atoms with Gasteiger partial charge in [-0.1, -0.05) is 23.7 Å². The molecule has 28 heavy (non-hydrogen) atoms. The Kier molecular flexibility index (Phi) is 5.65. The monoisotopic (exact) mass is 400 g/mol. The van der Waals surface area contributed by atoms with Gasteiger partial charge in [-0.25, -0.2) is 4.79 Å². The fraction of sp³-hybridized carbons (Fsp3) is 0.150. The lowest BCUT2D eigenvalue weighted by atomic mass is 10.1. The first-order valence-electron chi connectivity index (χ1n) is 8.34. The van der Waals surface area contributed by atoms with Gasteiger partial charge < -0.3 is 19.8 Å². The van der Waals surface area contributed by atoms with Gasteiger partial charge >= 0.3 is 11.9 Å². The molecule has 0 spiro atoms. The fourth-order valence-corrected chi connectivity index (χ4v) is 2.99. The number of halogens is 1. The predicted molar refractivity (Wildman–Crippen MR) is 105 cm³/mol. The Hall–Kier alpha value is -3.32. The maximum absolute atomic E-state index is 12.7. The molecule has 1 heterocycles. The lowest BCUT2D eigenvalue weighted by Gasteiger charge is -2.10. The third kappa shape index (κ3) is 3.99. The van der Waals surface area contributed by atoms with Crippen LogP contribution in [0, 0.1) is 0 Å². The molecule has 0 aliphatic heterocycles.